The van der Waals surface area contributed by atoms with Gasteiger partial charge in [0.25, 0.3) is 5.91 Å². The molecule has 0 saturated heterocycles. The molecular formula is C19H16Cl2N4OS. The van der Waals surface area contributed by atoms with Crippen LogP contribution in [0.3, 0.4) is 0 Å². The summed E-state index contributed by atoms with van der Waals surface area (Å²) in [6.07, 6.45) is 1.72. The first kappa shape index (κ1) is 17.2. The summed E-state index contributed by atoms with van der Waals surface area (Å²) in [5.41, 5.74) is 4.89. The van der Waals surface area contributed by atoms with E-state index in [9.17, 15) is 4.79 Å². The van der Waals surface area contributed by atoms with Crippen LogP contribution in [0, 0.1) is 6.92 Å². The molecule has 0 fully saturated rings. The highest BCUT2D eigenvalue weighted by atomic mass is 35.5. The number of hydrogen-bond acceptors (Lipinski definition) is 4. The van der Waals surface area contributed by atoms with Gasteiger partial charge in [-0.25, -0.2) is 4.98 Å². The van der Waals surface area contributed by atoms with E-state index in [-0.39, 0.29) is 5.91 Å². The molecule has 3 aromatic rings. The minimum Gasteiger partial charge on any atom is -0.334 e. The van der Waals surface area contributed by atoms with E-state index < -0.39 is 0 Å². The number of nitrogens with zero attached hydrogens (tertiary/aromatic N) is 4. The van der Waals surface area contributed by atoms with Gasteiger partial charge in [-0.2, -0.15) is 5.10 Å². The fraction of sp³-hybridized carbons (Fsp3) is 0.316. The Labute approximate surface area is 170 Å². The quantitative estimate of drug-likeness (QED) is 0.589. The van der Waals surface area contributed by atoms with Gasteiger partial charge < -0.3 is 4.90 Å². The summed E-state index contributed by atoms with van der Waals surface area (Å²) in [5, 5.41) is 6.71. The molecule has 0 spiro atoms. The lowest BCUT2D eigenvalue weighted by atomic mass is 10.0. The average molecular weight is 419 g/mol. The molecule has 27 heavy (non-hydrogen) atoms. The molecule has 5 nitrogen and oxygen atoms in total. The molecule has 2 aliphatic heterocycles. The molecule has 0 bridgehead atoms. The highest BCUT2D eigenvalue weighted by Gasteiger charge is 2.32. The molecule has 5 rings (SSSR count). The molecule has 138 valence electrons. The molecule has 1 aromatic carbocycles. The maximum atomic E-state index is 13.0. The van der Waals surface area contributed by atoms with Gasteiger partial charge >= 0.3 is 0 Å². The van der Waals surface area contributed by atoms with E-state index in [0.29, 0.717) is 28.7 Å². The first-order valence-electron chi connectivity index (χ1n) is 8.81. The molecule has 4 heterocycles. The number of fused-ring (bicyclic) bond motifs is 5. The van der Waals surface area contributed by atoms with E-state index in [1.165, 1.54) is 4.88 Å². The highest BCUT2D eigenvalue weighted by Crippen LogP contribution is 2.38. The Morgan fingerprint density at radius 3 is 2.85 bits per heavy atom. The van der Waals surface area contributed by atoms with Crippen molar-refractivity contribution in [2.75, 3.05) is 6.54 Å². The highest BCUT2D eigenvalue weighted by molar-refractivity contribution is 7.12. The second kappa shape index (κ2) is 6.33. The predicted octanol–water partition coefficient (Wildman–Crippen LogP) is 4.38. The first-order chi connectivity index (χ1) is 13.0. The zero-order valence-corrected chi connectivity index (χ0v) is 17.0. The molecule has 2 aliphatic rings. The summed E-state index contributed by atoms with van der Waals surface area (Å²) in [7, 11) is 0. The summed E-state index contributed by atoms with van der Waals surface area (Å²) in [5.74, 6) is -0.0374. The number of hydrogen-bond donors (Lipinski definition) is 0. The van der Waals surface area contributed by atoms with Crippen molar-refractivity contribution >= 4 is 40.4 Å². The van der Waals surface area contributed by atoms with Crippen LogP contribution in [0.5, 0.6) is 0 Å². The number of benzene rings is 1. The van der Waals surface area contributed by atoms with Gasteiger partial charge in [0.2, 0.25) is 0 Å². The van der Waals surface area contributed by atoms with Gasteiger partial charge in [-0.3, -0.25) is 9.48 Å². The Balaban J connectivity index is 1.51. The monoisotopic (exact) mass is 418 g/mol. The summed E-state index contributed by atoms with van der Waals surface area (Å²) < 4.78 is 2.07. The van der Waals surface area contributed by atoms with Crippen molar-refractivity contribution in [3.63, 3.8) is 0 Å². The van der Waals surface area contributed by atoms with E-state index >= 15 is 0 Å². The van der Waals surface area contributed by atoms with Crippen molar-refractivity contribution in [1.82, 2.24) is 19.7 Å². The normalized spacial score (nSPS) is 15.3. The van der Waals surface area contributed by atoms with Gasteiger partial charge in [0, 0.05) is 41.9 Å². The fourth-order valence-corrected chi connectivity index (χ4v) is 5.09. The van der Waals surface area contributed by atoms with Gasteiger partial charge in [-0.1, -0.05) is 23.2 Å². The Kier molecular flexibility index (Phi) is 4.04. The van der Waals surface area contributed by atoms with E-state index in [2.05, 4.69) is 4.68 Å². The first-order valence-corrected chi connectivity index (χ1v) is 10.4. The number of thiazole rings is 1. The maximum Gasteiger partial charge on any atom is 0.254 e. The fourth-order valence-electron chi connectivity index (χ4n) is 3.87. The molecule has 0 N–H and O–H groups in total. The molecule has 0 saturated carbocycles. The number of carbonyl (C=O) groups is 1. The van der Waals surface area contributed by atoms with Crippen LogP contribution in [0.4, 0.5) is 0 Å². The van der Waals surface area contributed by atoms with Gasteiger partial charge in [-0.15, -0.1) is 11.3 Å². The lowest BCUT2D eigenvalue weighted by Crippen LogP contribution is -2.36. The summed E-state index contributed by atoms with van der Waals surface area (Å²) >= 11 is 13.8. The van der Waals surface area contributed by atoms with Crippen molar-refractivity contribution in [2.24, 2.45) is 0 Å². The molecular weight excluding hydrogens is 403 g/mol. The van der Waals surface area contributed by atoms with Crippen molar-refractivity contribution in [2.45, 2.75) is 32.9 Å². The summed E-state index contributed by atoms with van der Waals surface area (Å²) in [6, 6.07) is 5.02. The van der Waals surface area contributed by atoms with Gasteiger partial charge in [0.15, 0.2) is 0 Å². The third-order valence-electron chi connectivity index (χ3n) is 5.13. The lowest BCUT2D eigenvalue weighted by Gasteiger charge is -2.27. The second-order valence-electron chi connectivity index (χ2n) is 6.86. The Hall–Kier alpha value is -1.89. The topological polar surface area (TPSA) is 51.0 Å². The third-order valence-corrected chi connectivity index (χ3v) is 6.90. The Morgan fingerprint density at radius 2 is 2.04 bits per heavy atom. The number of halogens is 2. The van der Waals surface area contributed by atoms with Crippen molar-refractivity contribution in [1.29, 1.82) is 0 Å². The molecule has 8 heteroatoms. The lowest BCUT2D eigenvalue weighted by molar-refractivity contribution is 0.0734. The van der Waals surface area contributed by atoms with Gasteiger partial charge in [-0.05, 0) is 25.1 Å². The van der Waals surface area contributed by atoms with E-state index in [0.717, 1.165) is 47.0 Å². The van der Waals surface area contributed by atoms with Crippen LogP contribution in [0.25, 0.3) is 11.4 Å². The SMILES string of the molecule is Cc1nc2c(s1)CCn1nc3c(c1-2)CN(C(=O)c1ccc(Cl)c(Cl)c1)CC3. The van der Waals surface area contributed by atoms with Crippen molar-refractivity contribution < 1.29 is 4.79 Å². The van der Waals surface area contributed by atoms with Crippen LogP contribution >= 0.6 is 34.5 Å². The second-order valence-corrected chi connectivity index (χ2v) is 8.96. The molecule has 1 amide bonds. The van der Waals surface area contributed by atoms with Gasteiger partial charge in [0.05, 0.1) is 33.0 Å². The predicted molar refractivity (Wildman–Crippen MR) is 107 cm³/mol. The minimum absolute atomic E-state index is 0.0374. The molecule has 0 radical (unpaired) electrons. The van der Waals surface area contributed by atoms with E-state index in [1.54, 1.807) is 29.5 Å². The van der Waals surface area contributed by atoms with Crippen molar-refractivity contribution in [3.05, 3.63) is 54.9 Å². The zero-order valence-electron chi connectivity index (χ0n) is 14.6. The van der Waals surface area contributed by atoms with Crippen LogP contribution in [-0.4, -0.2) is 32.1 Å². The van der Waals surface area contributed by atoms with Gasteiger partial charge in [0.1, 0.15) is 5.69 Å². The Morgan fingerprint density at radius 1 is 1.19 bits per heavy atom. The zero-order chi connectivity index (χ0) is 18.7. The summed E-state index contributed by atoms with van der Waals surface area (Å²) in [6.45, 7) is 4.10. The number of rotatable bonds is 1. The average Bonchev–Trinajstić information content (AvgIpc) is 3.21. The molecule has 0 unspecified atom stereocenters. The smallest absolute Gasteiger partial charge is 0.254 e. The van der Waals surface area contributed by atoms with Crippen LogP contribution in [0.1, 0.15) is 31.5 Å². The Bertz CT molecular complexity index is 1090. The standard InChI is InChI=1S/C19H16Cl2N4OS/c1-10-22-17-16(27-10)5-7-25-18(17)12-9-24(6-4-15(12)23-25)19(26)11-2-3-13(20)14(21)8-11/h2-3,8H,4-7,9H2,1H3. The largest absolute Gasteiger partial charge is 0.334 e. The van der Waals surface area contributed by atoms with Crippen molar-refractivity contribution in [3.8, 4) is 11.4 Å². The van der Waals surface area contributed by atoms with E-state index in [1.807, 2.05) is 11.8 Å². The van der Waals surface area contributed by atoms with E-state index in [4.69, 9.17) is 33.3 Å². The third kappa shape index (κ3) is 2.78. The number of amides is 1. The molecule has 0 atom stereocenters. The van der Waals surface area contributed by atoms with Crippen LogP contribution < -0.4 is 0 Å². The van der Waals surface area contributed by atoms with Crippen LogP contribution in [0.15, 0.2) is 18.2 Å². The minimum atomic E-state index is -0.0374. The van der Waals surface area contributed by atoms with Crippen LogP contribution in [-0.2, 0) is 25.9 Å². The summed E-state index contributed by atoms with van der Waals surface area (Å²) in [4.78, 5) is 20.9. The number of carbonyl (C=O) groups excluding carboxylic acids is 1. The molecule has 2 aromatic heterocycles. The number of aromatic nitrogens is 3. The molecule has 0 aliphatic carbocycles. The van der Waals surface area contributed by atoms with Crippen LogP contribution in [0.2, 0.25) is 10.0 Å². The maximum absolute atomic E-state index is 13.0. The number of aryl methyl sites for hydroxylation is 3.